The van der Waals surface area contributed by atoms with Crippen LogP contribution in [0.3, 0.4) is 0 Å². The molecule has 0 heterocycles. The largest absolute Gasteiger partial charge is 0.398 e. The molecule has 1 aliphatic rings. The minimum atomic E-state index is -3.44. The monoisotopic (exact) mass is 268 g/mol. The lowest BCUT2D eigenvalue weighted by Gasteiger charge is -2.14. The first-order valence-corrected chi connectivity index (χ1v) is 7.77. The first kappa shape index (κ1) is 13.4. The highest BCUT2D eigenvalue weighted by atomic mass is 32.2. The van der Waals surface area contributed by atoms with E-state index in [-0.39, 0.29) is 10.9 Å². The van der Waals surface area contributed by atoms with E-state index in [1.54, 1.807) is 12.1 Å². The maximum absolute atomic E-state index is 12.2. The Balaban J connectivity index is 2.29. The van der Waals surface area contributed by atoms with Gasteiger partial charge < -0.3 is 5.73 Å². The number of benzene rings is 1. The van der Waals surface area contributed by atoms with Crippen molar-refractivity contribution in [2.45, 2.75) is 50.5 Å². The number of rotatable bonds is 3. The van der Waals surface area contributed by atoms with Gasteiger partial charge in [-0.1, -0.05) is 12.8 Å². The van der Waals surface area contributed by atoms with Gasteiger partial charge in [0.05, 0.1) is 4.90 Å². The van der Waals surface area contributed by atoms with E-state index >= 15 is 0 Å². The minimum Gasteiger partial charge on any atom is -0.398 e. The van der Waals surface area contributed by atoms with Crippen LogP contribution in [0.25, 0.3) is 0 Å². The summed E-state index contributed by atoms with van der Waals surface area (Å²) in [6.07, 6.45) is 4.06. The van der Waals surface area contributed by atoms with Crippen molar-refractivity contribution in [2.75, 3.05) is 5.73 Å². The maximum Gasteiger partial charge on any atom is 0.240 e. The molecule has 0 bridgehead atoms. The van der Waals surface area contributed by atoms with Crippen molar-refractivity contribution in [1.82, 2.24) is 4.72 Å². The number of hydrogen-bond acceptors (Lipinski definition) is 3. The fourth-order valence-corrected chi connectivity index (χ4v) is 3.76. The van der Waals surface area contributed by atoms with E-state index in [1.807, 2.05) is 13.8 Å². The second kappa shape index (κ2) is 4.90. The lowest BCUT2D eigenvalue weighted by molar-refractivity contribution is 0.552. The van der Waals surface area contributed by atoms with Crippen molar-refractivity contribution < 1.29 is 8.42 Å². The Morgan fingerprint density at radius 1 is 1.22 bits per heavy atom. The molecule has 1 saturated carbocycles. The summed E-state index contributed by atoms with van der Waals surface area (Å²) in [6, 6.07) is 3.31. The third kappa shape index (κ3) is 2.67. The van der Waals surface area contributed by atoms with Crippen LogP contribution in [0.2, 0.25) is 0 Å². The first-order chi connectivity index (χ1) is 8.40. The zero-order chi connectivity index (χ0) is 13.3. The van der Waals surface area contributed by atoms with Gasteiger partial charge in [-0.25, -0.2) is 13.1 Å². The minimum absolute atomic E-state index is 0.0813. The molecule has 2 rings (SSSR count). The number of aryl methyl sites for hydroxylation is 1. The Kier molecular flexibility index (Phi) is 3.64. The van der Waals surface area contributed by atoms with Crippen LogP contribution in [0, 0.1) is 13.8 Å². The fraction of sp³-hybridized carbons (Fsp3) is 0.538. The topological polar surface area (TPSA) is 72.2 Å². The van der Waals surface area contributed by atoms with Gasteiger partial charge in [0.1, 0.15) is 0 Å². The van der Waals surface area contributed by atoms with E-state index in [2.05, 4.69) is 4.72 Å². The molecular weight excluding hydrogens is 248 g/mol. The van der Waals surface area contributed by atoms with Gasteiger partial charge in [-0.3, -0.25) is 0 Å². The average molecular weight is 268 g/mol. The molecule has 1 aromatic rings. The summed E-state index contributed by atoms with van der Waals surface area (Å²) >= 11 is 0. The van der Waals surface area contributed by atoms with Crippen LogP contribution >= 0.6 is 0 Å². The second-order valence-electron chi connectivity index (χ2n) is 5.06. The van der Waals surface area contributed by atoms with Crippen molar-refractivity contribution in [3.8, 4) is 0 Å². The molecule has 0 spiro atoms. The molecule has 4 nitrogen and oxygen atoms in total. The SMILES string of the molecule is Cc1cc(S(=O)(=O)NC2CCCC2)cc(N)c1C. The maximum atomic E-state index is 12.2. The van der Waals surface area contributed by atoms with E-state index in [1.165, 1.54) is 0 Å². The van der Waals surface area contributed by atoms with Gasteiger partial charge in [0, 0.05) is 11.7 Å². The molecule has 5 heteroatoms. The number of hydrogen-bond donors (Lipinski definition) is 2. The summed E-state index contributed by atoms with van der Waals surface area (Å²) in [7, 11) is -3.44. The van der Waals surface area contributed by atoms with Crippen molar-refractivity contribution >= 4 is 15.7 Å². The Hall–Kier alpha value is -1.07. The zero-order valence-corrected chi connectivity index (χ0v) is 11.7. The second-order valence-corrected chi connectivity index (χ2v) is 6.77. The standard InChI is InChI=1S/C13H20N2O2S/c1-9-7-12(8-13(14)10(9)2)18(16,17)15-11-5-3-4-6-11/h7-8,11,15H,3-6,14H2,1-2H3. The van der Waals surface area contributed by atoms with Crippen molar-refractivity contribution in [3.63, 3.8) is 0 Å². The average Bonchev–Trinajstić information content (AvgIpc) is 2.77. The predicted octanol–water partition coefficient (Wildman–Crippen LogP) is 2.11. The molecule has 1 aliphatic carbocycles. The zero-order valence-electron chi connectivity index (χ0n) is 10.9. The quantitative estimate of drug-likeness (QED) is 0.825. The van der Waals surface area contributed by atoms with Crippen LogP contribution in [0.1, 0.15) is 36.8 Å². The molecule has 1 aromatic carbocycles. The fourth-order valence-electron chi connectivity index (χ4n) is 2.34. The van der Waals surface area contributed by atoms with E-state index in [4.69, 9.17) is 5.73 Å². The highest BCUT2D eigenvalue weighted by molar-refractivity contribution is 7.89. The Morgan fingerprint density at radius 2 is 1.83 bits per heavy atom. The van der Waals surface area contributed by atoms with Gasteiger partial charge in [0.15, 0.2) is 0 Å². The van der Waals surface area contributed by atoms with Gasteiger partial charge in [-0.2, -0.15) is 0 Å². The Morgan fingerprint density at radius 3 is 2.39 bits per heavy atom. The molecule has 0 atom stereocenters. The van der Waals surface area contributed by atoms with Crippen molar-refractivity contribution in [2.24, 2.45) is 0 Å². The molecular formula is C13H20N2O2S. The van der Waals surface area contributed by atoms with E-state index < -0.39 is 10.0 Å². The van der Waals surface area contributed by atoms with Crippen LogP contribution < -0.4 is 10.5 Å². The van der Waals surface area contributed by atoms with Crippen LogP contribution in [0.15, 0.2) is 17.0 Å². The van der Waals surface area contributed by atoms with Crippen molar-refractivity contribution in [1.29, 1.82) is 0 Å². The smallest absolute Gasteiger partial charge is 0.240 e. The van der Waals surface area contributed by atoms with E-state index in [0.29, 0.717) is 5.69 Å². The molecule has 18 heavy (non-hydrogen) atoms. The van der Waals surface area contributed by atoms with E-state index in [0.717, 1.165) is 36.8 Å². The van der Waals surface area contributed by atoms with Crippen molar-refractivity contribution in [3.05, 3.63) is 23.3 Å². The van der Waals surface area contributed by atoms with E-state index in [9.17, 15) is 8.42 Å². The molecule has 3 N–H and O–H groups in total. The van der Waals surface area contributed by atoms with Crippen LogP contribution in [0.4, 0.5) is 5.69 Å². The normalized spacial score (nSPS) is 17.2. The number of nitrogens with two attached hydrogens (primary N) is 1. The Bertz CT molecular complexity index is 523. The third-order valence-electron chi connectivity index (χ3n) is 3.67. The van der Waals surface area contributed by atoms with Gasteiger partial charge >= 0.3 is 0 Å². The summed E-state index contributed by atoms with van der Waals surface area (Å²) in [4.78, 5) is 0.273. The molecule has 0 saturated heterocycles. The number of sulfonamides is 1. The lowest BCUT2D eigenvalue weighted by atomic mass is 10.1. The third-order valence-corrected chi connectivity index (χ3v) is 5.17. The summed E-state index contributed by atoms with van der Waals surface area (Å²) in [5.41, 5.74) is 8.21. The summed E-state index contributed by atoms with van der Waals surface area (Å²) in [5.74, 6) is 0. The molecule has 0 radical (unpaired) electrons. The van der Waals surface area contributed by atoms with Crippen LogP contribution in [-0.2, 0) is 10.0 Å². The number of anilines is 1. The number of nitrogens with one attached hydrogen (secondary N) is 1. The van der Waals surface area contributed by atoms with Crippen LogP contribution in [0.5, 0.6) is 0 Å². The highest BCUT2D eigenvalue weighted by Crippen LogP contribution is 2.24. The van der Waals surface area contributed by atoms with Gasteiger partial charge in [0.2, 0.25) is 10.0 Å². The predicted molar refractivity (Wildman–Crippen MR) is 72.9 cm³/mol. The number of nitrogen functional groups attached to an aromatic ring is 1. The van der Waals surface area contributed by atoms with Gasteiger partial charge in [-0.15, -0.1) is 0 Å². The lowest BCUT2D eigenvalue weighted by Crippen LogP contribution is -2.32. The highest BCUT2D eigenvalue weighted by Gasteiger charge is 2.23. The molecule has 0 amide bonds. The molecule has 0 aromatic heterocycles. The molecule has 0 aliphatic heterocycles. The first-order valence-electron chi connectivity index (χ1n) is 6.29. The molecule has 1 fully saturated rings. The summed E-state index contributed by atoms with van der Waals surface area (Å²) in [6.45, 7) is 3.77. The molecule has 0 unspecified atom stereocenters. The summed E-state index contributed by atoms with van der Waals surface area (Å²) in [5, 5.41) is 0. The Labute approximate surface area is 109 Å². The van der Waals surface area contributed by atoms with Crippen LogP contribution in [-0.4, -0.2) is 14.5 Å². The van der Waals surface area contributed by atoms with Gasteiger partial charge in [0.25, 0.3) is 0 Å². The summed E-state index contributed by atoms with van der Waals surface area (Å²) < 4.78 is 27.2. The molecule has 100 valence electrons. The van der Waals surface area contributed by atoms with Gasteiger partial charge in [-0.05, 0) is 49.9 Å².